The highest BCUT2D eigenvalue weighted by molar-refractivity contribution is 5.79. The van der Waals surface area contributed by atoms with Gasteiger partial charge in [0.1, 0.15) is 0 Å². The maximum atomic E-state index is 11.6. The maximum absolute atomic E-state index is 11.6. The summed E-state index contributed by atoms with van der Waals surface area (Å²) in [5.74, 6) is 0.451. The second kappa shape index (κ2) is 4.97. The quantitative estimate of drug-likeness (QED) is 0.730. The van der Waals surface area contributed by atoms with Gasteiger partial charge in [0, 0.05) is 12.5 Å². The van der Waals surface area contributed by atoms with Crippen LogP contribution in [0.15, 0.2) is 0 Å². The van der Waals surface area contributed by atoms with Gasteiger partial charge in [0.15, 0.2) is 0 Å². The molecule has 1 aliphatic carbocycles. The first-order valence-electron chi connectivity index (χ1n) is 5.86. The Bertz CT molecular complexity index is 220. The molecule has 15 heavy (non-hydrogen) atoms. The maximum Gasteiger partial charge on any atom is 0.223 e. The van der Waals surface area contributed by atoms with Crippen molar-refractivity contribution in [2.45, 2.75) is 52.6 Å². The highest BCUT2D eigenvalue weighted by Gasteiger charge is 2.27. The molecule has 1 aliphatic rings. The number of carbonyl (C=O) groups is 1. The lowest BCUT2D eigenvalue weighted by Gasteiger charge is -2.29. The van der Waals surface area contributed by atoms with Gasteiger partial charge < -0.3 is 10.4 Å². The van der Waals surface area contributed by atoms with Crippen molar-refractivity contribution in [1.82, 2.24) is 5.32 Å². The van der Waals surface area contributed by atoms with E-state index in [0.717, 1.165) is 19.3 Å². The van der Waals surface area contributed by atoms with Crippen molar-refractivity contribution in [3.63, 3.8) is 0 Å². The molecule has 0 heterocycles. The van der Waals surface area contributed by atoms with Crippen molar-refractivity contribution in [1.29, 1.82) is 0 Å². The highest BCUT2D eigenvalue weighted by Crippen LogP contribution is 2.27. The van der Waals surface area contributed by atoms with Gasteiger partial charge in [-0.3, -0.25) is 4.79 Å². The molecule has 0 aromatic rings. The molecule has 1 fully saturated rings. The van der Waals surface area contributed by atoms with Crippen LogP contribution in [-0.4, -0.2) is 23.7 Å². The largest absolute Gasteiger partial charge is 0.393 e. The number of aliphatic hydroxyl groups excluding tert-OH is 1. The summed E-state index contributed by atoms with van der Waals surface area (Å²) in [5, 5.41) is 12.3. The van der Waals surface area contributed by atoms with Crippen LogP contribution >= 0.6 is 0 Å². The lowest BCUT2D eigenvalue weighted by atomic mass is 9.83. The minimum absolute atomic E-state index is 0.0203. The number of amides is 1. The molecule has 0 spiro atoms. The molecule has 1 saturated carbocycles. The fourth-order valence-corrected chi connectivity index (χ4v) is 2.01. The Morgan fingerprint density at radius 2 is 2.13 bits per heavy atom. The lowest BCUT2D eigenvalue weighted by Crippen LogP contribution is -2.40. The van der Waals surface area contributed by atoms with E-state index in [9.17, 15) is 9.90 Å². The fraction of sp³-hybridized carbons (Fsp3) is 0.917. The van der Waals surface area contributed by atoms with Gasteiger partial charge in [-0.15, -0.1) is 0 Å². The minimum Gasteiger partial charge on any atom is -0.393 e. The first kappa shape index (κ1) is 12.5. The first-order valence-corrected chi connectivity index (χ1v) is 5.86. The lowest BCUT2D eigenvalue weighted by molar-refractivity contribution is -0.127. The molecular weight excluding hydrogens is 190 g/mol. The Morgan fingerprint density at radius 1 is 1.53 bits per heavy atom. The smallest absolute Gasteiger partial charge is 0.223 e. The second-order valence-corrected chi connectivity index (χ2v) is 5.56. The Kier molecular flexibility index (Phi) is 4.14. The number of rotatable bonds is 5. The summed E-state index contributed by atoms with van der Waals surface area (Å²) >= 11 is 0. The summed E-state index contributed by atoms with van der Waals surface area (Å²) in [5.41, 5.74) is -0.0203. The number of carbonyl (C=O) groups excluding carboxylic acids is 1. The molecule has 3 nitrogen and oxygen atoms in total. The molecular formula is C12H23NO2. The van der Waals surface area contributed by atoms with Crippen molar-refractivity contribution in [2.24, 2.45) is 11.3 Å². The van der Waals surface area contributed by atoms with E-state index in [4.69, 9.17) is 0 Å². The molecule has 0 bridgehead atoms. The van der Waals surface area contributed by atoms with Crippen molar-refractivity contribution < 1.29 is 9.90 Å². The number of nitrogens with one attached hydrogen (secondary N) is 1. The van der Waals surface area contributed by atoms with Crippen LogP contribution in [0.25, 0.3) is 0 Å². The van der Waals surface area contributed by atoms with Crippen molar-refractivity contribution in [3.05, 3.63) is 0 Å². The van der Waals surface area contributed by atoms with Crippen LogP contribution in [0.5, 0.6) is 0 Å². The summed E-state index contributed by atoms with van der Waals surface area (Å²) in [4.78, 5) is 11.6. The Balaban J connectivity index is 2.25. The van der Waals surface area contributed by atoms with Crippen LogP contribution in [-0.2, 0) is 4.79 Å². The topological polar surface area (TPSA) is 49.3 Å². The molecule has 0 aliphatic heterocycles. The molecule has 2 N–H and O–H groups in total. The average molecular weight is 213 g/mol. The Morgan fingerprint density at radius 3 is 2.53 bits per heavy atom. The Labute approximate surface area is 92.3 Å². The molecule has 88 valence electrons. The third-order valence-corrected chi connectivity index (χ3v) is 3.07. The van der Waals surface area contributed by atoms with E-state index >= 15 is 0 Å². The third kappa shape index (κ3) is 4.20. The number of hydrogen-bond donors (Lipinski definition) is 2. The van der Waals surface area contributed by atoms with Gasteiger partial charge in [0.2, 0.25) is 5.91 Å². The molecule has 0 aromatic carbocycles. The van der Waals surface area contributed by atoms with Crippen molar-refractivity contribution in [2.75, 3.05) is 6.54 Å². The summed E-state index contributed by atoms with van der Waals surface area (Å²) in [6.07, 6.45) is 3.69. The van der Waals surface area contributed by atoms with E-state index in [1.165, 1.54) is 6.42 Å². The average Bonchev–Trinajstić information content (AvgIpc) is 1.95. The van der Waals surface area contributed by atoms with Crippen LogP contribution in [0.4, 0.5) is 0 Å². The van der Waals surface area contributed by atoms with E-state index in [1.807, 2.05) is 0 Å². The molecule has 0 saturated heterocycles. The van der Waals surface area contributed by atoms with Gasteiger partial charge in [-0.2, -0.15) is 0 Å². The van der Waals surface area contributed by atoms with E-state index in [1.54, 1.807) is 6.92 Å². The van der Waals surface area contributed by atoms with Crippen molar-refractivity contribution >= 4 is 5.91 Å². The predicted octanol–water partition coefficient (Wildman–Crippen LogP) is 1.70. The zero-order valence-electron chi connectivity index (χ0n) is 10.0. The predicted molar refractivity (Wildman–Crippen MR) is 60.4 cm³/mol. The normalized spacial score (nSPS) is 19.5. The zero-order valence-corrected chi connectivity index (χ0v) is 10.0. The van der Waals surface area contributed by atoms with Crippen LogP contribution in [0.2, 0.25) is 0 Å². The van der Waals surface area contributed by atoms with Gasteiger partial charge in [-0.05, 0) is 31.6 Å². The third-order valence-electron chi connectivity index (χ3n) is 3.07. The van der Waals surface area contributed by atoms with Gasteiger partial charge in [0.05, 0.1) is 6.10 Å². The second-order valence-electron chi connectivity index (χ2n) is 5.56. The minimum atomic E-state index is -0.305. The summed E-state index contributed by atoms with van der Waals surface area (Å²) in [7, 11) is 0. The van der Waals surface area contributed by atoms with Crippen LogP contribution in [0.1, 0.15) is 46.5 Å². The van der Waals surface area contributed by atoms with Gasteiger partial charge in [0.25, 0.3) is 0 Å². The molecule has 3 heteroatoms. The van der Waals surface area contributed by atoms with Crippen LogP contribution in [0, 0.1) is 11.3 Å². The SMILES string of the molecule is CC(O)CC(C)(C)CNC(=O)C1CCC1. The van der Waals surface area contributed by atoms with Gasteiger partial charge in [-0.25, -0.2) is 0 Å². The van der Waals surface area contributed by atoms with Gasteiger partial charge in [-0.1, -0.05) is 20.3 Å². The van der Waals surface area contributed by atoms with Gasteiger partial charge >= 0.3 is 0 Å². The fourth-order valence-electron chi connectivity index (χ4n) is 2.01. The highest BCUT2D eigenvalue weighted by atomic mass is 16.3. The first-order chi connectivity index (χ1) is 6.91. The number of aliphatic hydroxyl groups is 1. The summed E-state index contributed by atoms with van der Waals surface area (Å²) in [6.45, 7) is 6.59. The molecule has 0 aromatic heterocycles. The van der Waals surface area contributed by atoms with Crippen molar-refractivity contribution in [3.8, 4) is 0 Å². The molecule has 0 radical (unpaired) electrons. The standard InChI is InChI=1S/C12H23NO2/c1-9(14)7-12(2,3)8-13-11(15)10-5-4-6-10/h9-10,14H,4-8H2,1-3H3,(H,13,15). The zero-order chi connectivity index (χ0) is 11.5. The monoisotopic (exact) mass is 213 g/mol. The van der Waals surface area contributed by atoms with Crippen LogP contribution in [0.3, 0.4) is 0 Å². The summed E-state index contributed by atoms with van der Waals surface area (Å²) < 4.78 is 0. The van der Waals surface area contributed by atoms with E-state index in [0.29, 0.717) is 6.54 Å². The molecule has 1 rings (SSSR count). The molecule has 1 unspecified atom stereocenters. The summed E-state index contributed by atoms with van der Waals surface area (Å²) in [6, 6.07) is 0. The van der Waals surface area contributed by atoms with E-state index < -0.39 is 0 Å². The Hall–Kier alpha value is -0.570. The molecule has 1 atom stereocenters. The van der Waals surface area contributed by atoms with E-state index in [2.05, 4.69) is 19.2 Å². The van der Waals surface area contributed by atoms with E-state index in [-0.39, 0.29) is 23.3 Å². The van der Waals surface area contributed by atoms with Crippen LogP contribution < -0.4 is 5.32 Å². The number of hydrogen-bond acceptors (Lipinski definition) is 2. The molecule has 1 amide bonds.